The van der Waals surface area contributed by atoms with Crippen LogP contribution in [0, 0.1) is 0 Å². The Morgan fingerprint density at radius 1 is 1.04 bits per heavy atom. The van der Waals surface area contributed by atoms with E-state index < -0.39 is 0 Å². The summed E-state index contributed by atoms with van der Waals surface area (Å²) in [7, 11) is 0. The number of para-hydroxylation sites is 1. The Labute approximate surface area is 153 Å². The molecule has 2 aromatic carbocycles. The molecular formula is C21H23N3O2. The Balaban J connectivity index is 1.42. The molecule has 2 aliphatic heterocycles. The molecule has 26 heavy (non-hydrogen) atoms. The summed E-state index contributed by atoms with van der Waals surface area (Å²) in [6.07, 6.45) is 2.46. The maximum absolute atomic E-state index is 12.8. The fourth-order valence-corrected chi connectivity index (χ4v) is 3.77. The Morgan fingerprint density at radius 3 is 2.54 bits per heavy atom. The van der Waals surface area contributed by atoms with Gasteiger partial charge in [0.2, 0.25) is 11.8 Å². The lowest BCUT2D eigenvalue weighted by Crippen LogP contribution is -2.40. The number of benzene rings is 2. The van der Waals surface area contributed by atoms with Crippen LogP contribution in [0.1, 0.15) is 25.3 Å². The topological polar surface area (TPSA) is 52.7 Å². The molecule has 1 fully saturated rings. The normalized spacial score (nSPS) is 17.3. The standard InChI is InChI=1S/C21H23N3O2/c1-15(21(26)24-14-12-16-5-2-3-6-19(16)24)22-17-8-10-18(11-9-17)23-13-4-7-20(23)25/h2-3,5-6,8-11,15,22H,4,7,12-14H2,1H3/t15-/m0/s1. The van der Waals surface area contributed by atoms with Crippen LogP contribution >= 0.6 is 0 Å². The molecule has 134 valence electrons. The van der Waals surface area contributed by atoms with Crippen molar-refractivity contribution in [3.8, 4) is 0 Å². The van der Waals surface area contributed by atoms with E-state index in [0.29, 0.717) is 6.42 Å². The molecule has 0 unspecified atom stereocenters. The van der Waals surface area contributed by atoms with Gasteiger partial charge in [-0.1, -0.05) is 18.2 Å². The average Bonchev–Trinajstić information content (AvgIpc) is 3.28. The Kier molecular flexibility index (Phi) is 4.37. The zero-order valence-corrected chi connectivity index (χ0v) is 14.9. The molecule has 2 heterocycles. The van der Waals surface area contributed by atoms with Crippen molar-refractivity contribution in [3.05, 3.63) is 54.1 Å². The van der Waals surface area contributed by atoms with Crippen LogP contribution in [0.4, 0.5) is 17.1 Å². The molecule has 0 aromatic heterocycles. The molecule has 2 aliphatic rings. The van der Waals surface area contributed by atoms with Crippen molar-refractivity contribution >= 4 is 28.9 Å². The minimum Gasteiger partial charge on any atom is -0.374 e. The summed E-state index contributed by atoms with van der Waals surface area (Å²) in [5.74, 6) is 0.260. The third kappa shape index (κ3) is 3.05. The SMILES string of the molecule is C[C@H](Nc1ccc(N2CCCC2=O)cc1)C(=O)N1CCc2ccccc21. The van der Waals surface area contributed by atoms with Gasteiger partial charge in [0.1, 0.15) is 6.04 Å². The van der Waals surface area contributed by atoms with Crippen molar-refractivity contribution in [2.45, 2.75) is 32.2 Å². The fourth-order valence-electron chi connectivity index (χ4n) is 3.77. The molecule has 0 aliphatic carbocycles. The highest BCUT2D eigenvalue weighted by Gasteiger charge is 2.27. The van der Waals surface area contributed by atoms with Crippen molar-refractivity contribution < 1.29 is 9.59 Å². The highest BCUT2D eigenvalue weighted by atomic mass is 16.2. The summed E-state index contributed by atoms with van der Waals surface area (Å²) in [6, 6.07) is 15.5. The predicted octanol–water partition coefficient (Wildman–Crippen LogP) is 3.20. The Morgan fingerprint density at radius 2 is 1.81 bits per heavy atom. The molecule has 5 heteroatoms. The summed E-state index contributed by atoms with van der Waals surface area (Å²) in [4.78, 5) is 28.4. The van der Waals surface area contributed by atoms with Crippen LogP contribution in [0.15, 0.2) is 48.5 Å². The molecule has 2 amide bonds. The molecule has 1 N–H and O–H groups in total. The second-order valence-corrected chi connectivity index (χ2v) is 6.93. The molecule has 1 saturated heterocycles. The fraction of sp³-hybridized carbons (Fsp3) is 0.333. The zero-order chi connectivity index (χ0) is 18.1. The van der Waals surface area contributed by atoms with Crippen LogP contribution in [-0.2, 0) is 16.0 Å². The molecule has 0 spiro atoms. The number of anilines is 3. The van der Waals surface area contributed by atoms with E-state index in [2.05, 4.69) is 11.4 Å². The molecule has 5 nitrogen and oxygen atoms in total. The minimum atomic E-state index is -0.319. The van der Waals surface area contributed by atoms with Crippen molar-refractivity contribution in [1.82, 2.24) is 0 Å². The van der Waals surface area contributed by atoms with Crippen LogP contribution in [0.25, 0.3) is 0 Å². The number of amides is 2. The maximum Gasteiger partial charge on any atom is 0.249 e. The van der Waals surface area contributed by atoms with Gasteiger partial charge in [-0.25, -0.2) is 0 Å². The van der Waals surface area contributed by atoms with Gasteiger partial charge in [0.15, 0.2) is 0 Å². The van der Waals surface area contributed by atoms with E-state index in [0.717, 1.165) is 43.0 Å². The highest BCUT2D eigenvalue weighted by Crippen LogP contribution is 2.28. The van der Waals surface area contributed by atoms with E-state index in [9.17, 15) is 9.59 Å². The average molecular weight is 349 g/mol. The summed E-state index contributed by atoms with van der Waals surface area (Å²) < 4.78 is 0. The third-order valence-corrected chi connectivity index (χ3v) is 5.16. The van der Waals surface area contributed by atoms with Gasteiger partial charge in [0.25, 0.3) is 0 Å². The van der Waals surface area contributed by atoms with Crippen LogP contribution in [0.2, 0.25) is 0 Å². The Hall–Kier alpha value is -2.82. The van der Waals surface area contributed by atoms with Crippen molar-refractivity contribution in [2.24, 2.45) is 0 Å². The molecular weight excluding hydrogens is 326 g/mol. The van der Waals surface area contributed by atoms with E-state index in [1.165, 1.54) is 5.56 Å². The largest absolute Gasteiger partial charge is 0.374 e. The first-order valence-electron chi connectivity index (χ1n) is 9.20. The van der Waals surface area contributed by atoms with Gasteiger partial charge in [0, 0.05) is 36.6 Å². The van der Waals surface area contributed by atoms with Crippen LogP contribution in [-0.4, -0.2) is 30.9 Å². The smallest absolute Gasteiger partial charge is 0.249 e. The number of hydrogen-bond donors (Lipinski definition) is 1. The molecule has 2 aromatic rings. The molecule has 0 bridgehead atoms. The molecule has 4 rings (SSSR count). The third-order valence-electron chi connectivity index (χ3n) is 5.16. The van der Waals surface area contributed by atoms with Gasteiger partial charge >= 0.3 is 0 Å². The van der Waals surface area contributed by atoms with E-state index >= 15 is 0 Å². The van der Waals surface area contributed by atoms with Gasteiger partial charge in [0.05, 0.1) is 0 Å². The maximum atomic E-state index is 12.8. The second kappa shape index (κ2) is 6.83. The number of fused-ring (bicyclic) bond motifs is 1. The van der Waals surface area contributed by atoms with Crippen LogP contribution < -0.4 is 15.1 Å². The molecule has 1 atom stereocenters. The van der Waals surface area contributed by atoms with Gasteiger partial charge in [-0.05, 0) is 55.7 Å². The van der Waals surface area contributed by atoms with Gasteiger partial charge in [-0.2, -0.15) is 0 Å². The van der Waals surface area contributed by atoms with Crippen molar-refractivity contribution in [3.63, 3.8) is 0 Å². The van der Waals surface area contributed by atoms with E-state index in [1.807, 2.05) is 59.2 Å². The number of nitrogens with zero attached hydrogens (tertiary/aromatic N) is 2. The van der Waals surface area contributed by atoms with Gasteiger partial charge in [-0.3, -0.25) is 9.59 Å². The summed E-state index contributed by atoms with van der Waals surface area (Å²) in [6.45, 7) is 3.41. The van der Waals surface area contributed by atoms with Crippen molar-refractivity contribution in [2.75, 3.05) is 28.2 Å². The minimum absolute atomic E-state index is 0.0775. The first-order valence-corrected chi connectivity index (χ1v) is 9.20. The van der Waals surface area contributed by atoms with Crippen molar-refractivity contribution in [1.29, 1.82) is 0 Å². The van der Waals surface area contributed by atoms with E-state index in [-0.39, 0.29) is 17.9 Å². The zero-order valence-electron chi connectivity index (χ0n) is 14.9. The summed E-state index contributed by atoms with van der Waals surface area (Å²) in [5.41, 5.74) is 4.06. The summed E-state index contributed by atoms with van der Waals surface area (Å²) in [5, 5.41) is 3.28. The number of carbonyl (C=O) groups excluding carboxylic acids is 2. The first-order chi connectivity index (χ1) is 12.6. The van der Waals surface area contributed by atoms with Crippen LogP contribution in [0.5, 0.6) is 0 Å². The van der Waals surface area contributed by atoms with Gasteiger partial charge in [-0.15, -0.1) is 0 Å². The first kappa shape index (κ1) is 16.6. The number of rotatable bonds is 4. The van der Waals surface area contributed by atoms with E-state index in [1.54, 1.807) is 0 Å². The lowest BCUT2D eigenvalue weighted by molar-refractivity contribution is -0.119. The molecule has 0 radical (unpaired) electrons. The van der Waals surface area contributed by atoms with Gasteiger partial charge < -0.3 is 15.1 Å². The number of carbonyl (C=O) groups is 2. The second-order valence-electron chi connectivity index (χ2n) is 6.93. The predicted molar refractivity (Wildman–Crippen MR) is 104 cm³/mol. The lowest BCUT2D eigenvalue weighted by atomic mass is 10.2. The monoisotopic (exact) mass is 349 g/mol. The highest BCUT2D eigenvalue weighted by molar-refractivity contribution is 6.00. The lowest BCUT2D eigenvalue weighted by Gasteiger charge is -2.23. The number of nitrogens with one attached hydrogen (secondary N) is 1. The summed E-state index contributed by atoms with van der Waals surface area (Å²) >= 11 is 0. The van der Waals surface area contributed by atoms with E-state index in [4.69, 9.17) is 0 Å². The van der Waals surface area contributed by atoms with Crippen LogP contribution in [0.3, 0.4) is 0 Å². The number of hydrogen-bond acceptors (Lipinski definition) is 3. The Bertz CT molecular complexity index is 831. The quantitative estimate of drug-likeness (QED) is 0.922. The molecule has 0 saturated carbocycles.